The predicted octanol–water partition coefficient (Wildman–Crippen LogP) is 3.77. The molecule has 10 nitrogen and oxygen atoms in total. The summed E-state index contributed by atoms with van der Waals surface area (Å²) in [6.07, 6.45) is -0.400. The molecule has 4 rings (SSSR count). The number of nitrogens with one attached hydrogen (secondary N) is 1. The normalized spacial score (nSPS) is 19.0. The van der Waals surface area contributed by atoms with Crippen LogP contribution in [0.1, 0.15) is 24.2 Å². The van der Waals surface area contributed by atoms with Gasteiger partial charge in [0, 0.05) is 41.7 Å². The third-order valence-electron chi connectivity index (χ3n) is 5.22. The van der Waals surface area contributed by atoms with Crippen LogP contribution < -0.4 is 5.32 Å². The third-order valence-corrected chi connectivity index (χ3v) is 7.82. The molecule has 0 radical (unpaired) electrons. The highest BCUT2D eigenvalue weighted by molar-refractivity contribution is 7.89. The van der Waals surface area contributed by atoms with Gasteiger partial charge in [-0.05, 0) is 38.1 Å². The number of sulfonamides is 1. The first-order chi connectivity index (χ1) is 16.1. The molecule has 0 unspecified atom stereocenters. The summed E-state index contributed by atoms with van der Waals surface area (Å²) in [5.41, 5.74) is 1.29. The van der Waals surface area contributed by atoms with Crippen LogP contribution >= 0.6 is 11.3 Å². The number of rotatable bonds is 6. The number of hydrogen-bond acceptors (Lipinski definition) is 8. The molecule has 34 heavy (non-hydrogen) atoms. The molecule has 2 atom stereocenters. The van der Waals surface area contributed by atoms with Gasteiger partial charge < -0.3 is 4.74 Å². The summed E-state index contributed by atoms with van der Waals surface area (Å²) >= 11 is 1.18. The van der Waals surface area contributed by atoms with Crippen molar-refractivity contribution < 1.29 is 22.9 Å². The van der Waals surface area contributed by atoms with Crippen LogP contribution in [-0.4, -0.2) is 53.8 Å². The Balaban J connectivity index is 1.46. The molecule has 3 aromatic rings. The van der Waals surface area contributed by atoms with Crippen molar-refractivity contribution in [1.29, 1.82) is 0 Å². The van der Waals surface area contributed by atoms with Crippen molar-refractivity contribution in [3.05, 3.63) is 69.6 Å². The van der Waals surface area contributed by atoms with Gasteiger partial charge in [-0.15, -0.1) is 11.3 Å². The van der Waals surface area contributed by atoms with Crippen molar-refractivity contribution in [3.63, 3.8) is 0 Å². The average molecular weight is 503 g/mol. The van der Waals surface area contributed by atoms with Gasteiger partial charge in [0.25, 0.3) is 11.6 Å². The largest absolute Gasteiger partial charge is 0.373 e. The second-order valence-electron chi connectivity index (χ2n) is 7.90. The van der Waals surface area contributed by atoms with E-state index in [0.29, 0.717) is 16.4 Å². The van der Waals surface area contributed by atoms with E-state index in [-0.39, 0.29) is 41.4 Å². The van der Waals surface area contributed by atoms with E-state index in [1.54, 1.807) is 17.5 Å². The zero-order valence-electron chi connectivity index (χ0n) is 18.4. The maximum absolute atomic E-state index is 13.0. The van der Waals surface area contributed by atoms with Gasteiger partial charge >= 0.3 is 0 Å². The van der Waals surface area contributed by atoms with Crippen LogP contribution in [0.5, 0.6) is 0 Å². The minimum absolute atomic E-state index is 0.0490. The van der Waals surface area contributed by atoms with Crippen LogP contribution in [0.15, 0.2) is 58.8 Å². The number of hydrogen-bond donors (Lipinski definition) is 1. The second-order valence-corrected chi connectivity index (χ2v) is 10.7. The Hall–Kier alpha value is -3.19. The number of non-ortho nitro benzene ring substituents is 1. The van der Waals surface area contributed by atoms with Crippen LogP contribution in [0, 0.1) is 10.1 Å². The molecule has 1 fully saturated rings. The lowest BCUT2D eigenvalue weighted by Crippen LogP contribution is -2.48. The van der Waals surface area contributed by atoms with E-state index in [4.69, 9.17) is 4.74 Å². The highest BCUT2D eigenvalue weighted by atomic mass is 32.2. The lowest BCUT2D eigenvalue weighted by molar-refractivity contribution is -0.384. The van der Waals surface area contributed by atoms with E-state index in [9.17, 15) is 23.3 Å². The summed E-state index contributed by atoms with van der Waals surface area (Å²) in [6, 6.07) is 11.8. The second kappa shape index (κ2) is 9.58. The number of ether oxygens (including phenoxy) is 1. The Morgan fingerprint density at radius 3 is 2.50 bits per heavy atom. The molecule has 0 aliphatic carbocycles. The van der Waals surface area contributed by atoms with E-state index >= 15 is 0 Å². The number of anilines is 1. The van der Waals surface area contributed by atoms with Crippen LogP contribution in [0.25, 0.3) is 11.3 Å². The van der Waals surface area contributed by atoms with Crippen LogP contribution in [0.4, 0.5) is 10.8 Å². The zero-order chi connectivity index (χ0) is 24.5. The molecule has 0 saturated carbocycles. The van der Waals surface area contributed by atoms with Gasteiger partial charge in [-0.2, -0.15) is 4.31 Å². The summed E-state index contributed by atoms with van der Waals surface area (Å²) < 4.78 is 32.9. The van der Waals surface area contributed by atoms with Crippen molar-refractivity contribution in [2.24, 2.45) is 0 Å². The fourth-order valence-corrected chi connectivity index (χ4v) is 5.97. The van der Waals surface area contributed by atoms with Crippen LogP contribution in [0.2, 0.25) is 0 Å². The smallest absolute Gasteiger partial charge is 0.270 e. The first kappa shape index (κ1) is 24.0. The van der Waals surface area contributed by atoms with Gasteiger partial charge in [-0.3, -0.25) is 20.2 Å². The molecule has 0 spiro atoms. The Bertz CT molecular complexity index is 1310. The molecule has 1 N–H and O–H groups in total. The summed E-state index contributed by atoms with van der Waals surface area (Å²) in [4.78, 5) is 27.6. The number of amides is 1. The predicted molar refractivity (Wildman–Crippen MR) is 127 cm³/mol. The maximum Gasteiger partial charge on any atom is 0.270 e. The maximum atomic E-state index is 13.0. The first-order valence-corrected chi connectivity index (χ1v) is 12.7. The number of nitro benzene ring substituents is 1. The fraction of sp³-hybridized carbons (Fsp3) is 0.273. The SMILES string of the molecule is C[C@@H]1CN(S(=O)(=O)c2ccc(C(=O)Nc3nc(-c4cccc([N+](=O)[O-])c4)cs3)cc2)C[C@H](C)O1. The standard InChI is InChI=1S/C22H22N4O6S2/c1-14-11-25(12-15(2)32-14)34(30,31)19-8-6-16(7-9-19)21(27)24-22-23-20(13-33-22)17-4-3-5-18(10-17)26(28)29/h3-10,13-15H,11-12H2,1-2H3,(H,23,24,27)/t14-,15+. The van der Waals surface area contributed by atoms with Gasteiger partial charge in [-0.25, -0.2) is 13.4 Å². The first-order valence-electron chi connectivity index (χ1n) is 10.4. The average Bonchev–Trinajstić information content (AvgIpc) is 3.27. The van der Waals surface area contributed by atoms with Gasteiger partial charge in [0.05, 0.1) is 27.7 Å². The molecule has 178 valence electrons. The number of thiazole rings is 1. The highest BCUT2D eigenvalue weighted by Gasteiger charge is 2.32. The molecule has 1 amide bonds. The monoisotopic (exact) mass is 502 g/mol. The molecule has 2 aromatic carbocycles. The number of nitro groups is 1. The van der Waals surface area contributed by atoms with Crippen molar-refractivity contribution in [1.82, 2.24) is 9.29 Å². The number of carbonyl (C=O) groups is 1. The quantitative estimate of drug-likeness (QED) is 0.401. The molecule has 12 heteroatoms. The number of morpholine rings is 1. The van der Waals surface area contributed by atoms with Crippen LogP contribution in [0.3, 0.4) is 0 Å². The number of benzene rings is 2. The van der Waals surface area contributed by atoms with Gasteiger partial charge in [-0.1, -0.05) is 12.1 Å². The third kappa shape index (κ3) is 5.14. The van der Waals surface area contributed by atoms with E-state index in [1.807, 2.05) is 13.8 Å². The minimum atomic E-state index is -3.70. The van der Waals surface area contributed by atoms with E-state index in [2.05, 4.69) is 10.3 Å². The summed E-state index contributed by atoms with van der Waals surface area (Å²) in [5.74, 6) is -0.447. The molecule has 2 heterocycles. The minimum Gasteiger partial charge on any atom is -0.373 e. The van der Waals surface area contributed by atoms with Crippen molar-refractivity contribution in [2.75, 3.05) is 18.4 Å². The number of aromatic nitrogens is 1. The lowest BCUT2D eigenvalue weighted by Gasteiger charge is -2.34. The Labute approximate surface area is 200 Å². The van der Waals surface area contributed by atoms with E-state index < -0.39 is 20.9 Å². The van der Waals surface area contributed by atoms with Gasteiger partial charge in [0.15, 0.2) is 5.13 Å². The zero-order valence-corrected chi connectivity index (χ0v) is 20.0. The van der Waals surface area contributed by atoms with Gasteiger partial charge in [0.2, 0.25) is 10.0 Å². The molecular formula is C22H22N4O6S2. The van der Waals surface area contributed by atoms with Crippen molar-refractivity contribution in [2.45, 2.75) is 31.0 Å². The number of carbonyl (C=O) groups excluding carboxylic acids is 1. The molecule has 1 aliphatic heterocycles. The molecule has 1 saturated heterocycles. The Morgan fingerprint density at radius 1 is 1.18 bits per heavy atom. The Kier molecular flexibility index (Phi) is 6.75. The summed E-state index contributed by atoms with van der Waals surface area (Å²) in [7, 11) is -3.70. The molecule has 1 aromatic heterocycles. The lowest BCUT2D eigenvalue weighted by atomic mass is 10.1. The fourth-order valence-electron chi connectivity index (χ4n) is 3.67. The molecule has 1 aliphatic rings. The van der Waals surface area contributed by atoms with E-state index in [1.165, 1.54) is 52.0 Å². The molecular weight excluding hydrogens is 480 g/mol. The van der Waals surface area contributed by atoms with Crippen LogP contribution in [-0.2, 0) is 14.8 Å². The summed E-state index contributed by atoms with van der Waals surface area (Å²) in [6.45, 7) is 4.20. The highest BCUT2D eigenvalue weighted by Crippen LogP contribution is 2.28. The number of nitrogens with zero attached hydrogens (tertiary/aromatic N) is 3. The van der Waals surface area contributed by atoms with Crippen molar-refractivity contribution in [3.8, 4) is 11.3 Å². The topological polar surface area (TPSA) is 132 Å². The molecule has 0 bridgehead atoms. The Morgan fingerprint density at radius 2 is 1.85 bits per heavy atom. The van der Waals surface area contributed by atoms with Gasteiger partial charge in [0.1, 0.15) is 0 Å². The van der Waals surface area contributed by atoms with E-state index in [0.717, 1.165) is 0 Å². The van der Waals surface area contributed by atoms with Crippen molar-refractivity contribution >= 4 is 38.1 Å². The summed E-state index contributed by atoms with van der Waals surface area (Å²) in [5, 5.41) is 15.7.